The Bertz CT molecular complexity index is 967. The van der Waals surface area contributed by atoms with Crippen LogP contribution in [0.2, 0.25) is 0 Å². The van der Waals surface area contributed by atoms with Crippen LogP contribution in [0, 0.1) is 0 Å². The van der Waals surface area contributed by atoms with Crippen molar-refractivity contribution in [3.8, 4) is 0 Å². The molecule has 1 aromatic heterocycles. The van der Waals surface area contributed by atoms with Crippen LogP contribution in [-0.2, 0) is 24.1 Å². The Kier molecular flexibility index (Phi) is 5.07. The average molecular weight is 379 g/mol. The van der Waals surface area contributed by atoms with Gasteiger partial charge in [-0.1, -0.05) is 19.8 Å². The molecule has 0 spiro atoms. The largest absolute Gasteiger partial charge is 0.478 e. The number of carboxylic acids is 1. The highest BCUT2D eigenvalue weighted by Crippen LogP contribution is 2.37. The maximum absolute atomic E-state index is 12.6. The lowest BCUT2D eigenvalue weighted by Crippen LogP contribution is -2.04. The molecule has 146 valence electrons. The molecule has 4 rings (SSSR count). The second kappa shape index (κ2) is 7.66. The minimum absolute atomic E-state index is 0.169. The molecule has 5 nitrogen and oxygen atoms in total. The van der Waals surface area contributed by atoms with E-state index in [1.807, 2.05) is 6.08 Å². The third-order valence-electron chi connectivity index (χ3n) is 5.67. The van der Waals surface area contributed by atoms with Crippen LogP contribution >= 0.6 is 0 Å². The summed E-state index contributed by atoms with van der Waals surface area (Å²) >= 11 is 0. The smallest absolute Gasteiger partial charge is 0.335 e. The second-order valence-electron chi connectivity index (χ2n) is 7.59. The lowest BCUT2D eigenvalue weighted by atomic mass is 9.91. The number of unbranched alkanes of at least 4 members (excludes halogenated alkanes) is 2. The molecular formula is C23H25NO4. The van der Waals surface area contributed by atoms with E-state index in [1.165, 1.54) is 30.0 Å². The zero-order valence-electron chi connectivity index (χ0n) is 16.1. The first kappa shape index (κ1) is 18.5. The zero-order valence-corrected chi connectivity index (χ0v) is 16.1. The van der Waals surface area contributed by atoms with E-state index >= 15 is 0 Å². The van der Waals surface area contributed by atoms with E-state index in [-0.39, 0.29) is 11.5 Å². The minimum atomic E-state index is -1.00. The molecule has 1 aliphatic heterocycles. The van der Waals surface area contributed by atoms with Crippen LogP contribution in [0.1, 0.15) is 77.6 Å². The fourth-order valence-corrected chi connectivity index (χ4v) is 4.19. The maximum atomic E-state index is 12.6. The standard InChI is InChI=1S/C23H25NO4/c1-2-3-4-7-16-15-8-5-6-9-20(15)28-21(16)13-18-17-12-14(23(26)27)10-11-19(17)24-22(18)25/h10-13H,2-9H2,1H3,(H,24,25)(H,26,27). The molecule has 0 unspecified atom stereocenters. The van der Waals surface area contributed by atoms with E-state index in [4.69, 9.17) is 4.42 Å². The molecule has 2 heterocycles. The second-order valence-corrected chi connectivity index (χ2v) is 7.59. The lowest BCUT2D eigenvalue weighted by Gasteiger charge is -2.10. The Morgan fingerprint density at radius 1 is 1.25 bits per heavy atom. The average Bonchev–Trinajstić information content (AvgIpc) is 3.19. The number of aromatic carboxylic acids is 1. The van der Waals surface area contributed by atoms with Gasteiger partial charge in [-0.25, -0.2) is 4.79 Å². The van der Waals surface area contributed by atoms with E-state index in [2.05, 4.69) is 12.2 Å². The number of carboxylic acid groups (broad SMARTS) is 1. The molecule has 1 aliphatic carbocycles. The quantitative estimate of drug-likeness (QED) is 0.542. The highest BCUT2D eigenvalue weighted by atomic mass is 16.4. The summed E-state index contributed by atoms with van der Waals surface area (Å²) in [5.74, 6) is 0.603. The molecular weight excluding hydrogens is 354 g/mol. The van der Waals surface area contributed by atoms with Crippen molar-refractivity contribution in [2.24, 2.45) is 0 Å². The van der Waals surface area contributed by atoms with Gasteiger partial charge in [-0.05, 0) is 61.9 Å². The lowest BCUT2D eigenvalue weighted by molar-refractivity contribution is -0.110. The first-order valence-electron chi connectivity index (χ1n) is 10.1. The molecule has 0 saturated carbocycles. The van der Waals surface area contributed by atoms with Crippen molar-refractivity contribution < 1.29 is 19.1 Å². The van der Waals surface area contributed by atoms with Crippen LogP contribution in [0.15, 0.2) is 22.6 Å². The summed E-state index contributed by atoms with van der Waals surface area (Å²) in [4.78, 5) is 23.9. The van der Waals surface area contributed by atoms with Crippen LogP contribution in [-0.4, -0.2) is 17.0 Å². The summed E-state index contributed by atoms with van der Waals surface area (Å²) in [7, 11) is 0. The van der Waals surface area contributed by atoms with Gasteiger partial charge in [0.05, 0.1) is 11.1 Å². The van der Waals surface area contributed by atoms with Crippen molar-refractivity contribution in [2.45, 2.75) is 58.3 Å². The number of carbonyl (C=O) groups is 2. The fraction of sp³-hybridized carbons (Fsp3) is 0.391. The topological polar surface area (TPSA) is 79.5 Å². The molecule has 2 N–H and O–H groups in total. The Hall–Kier alpha value is -2.82. The van der Waals surface area contributed by atoms with Crippen LogP contribution in [0.25, 0.3) is 11.6 Å². The summed E-state index contributed by atoms with van der Waals surface area (Å²) in [6, 6.07) is 4.71. The van der Waals surface area contributed by atoms with Gasteiger partial charge in [0.1, 0.15) is 11.5 Å². The normalized spacial score (nSPS) is 16.8. The van der Waals surface area contributed by atoms with Crippen LogP contribution in [0.4, 0.5) is 5.69 Å². The number of anilines is 1. The number of carbonyl (C=O) groups excluding carboxylic acids is 1. The molecule has 2 aromatic rings. The van der Waals surface area contributed by atoms with Crippen molar-refractivity contribution >= 4 is 29.2 Å². The first-order chi connectivity index (χ1) is 13.6. The third kappa shape index (κ3) is 3.37. The predicted molar refractivity (Wildman–Crippen MR) is 108 cm³/mol. The van der Waals surface area contributed by atoms with E-state index in [0.717, 1.165) is 50.0 Å². The van der Waals surface area contributed by atoms with Gasteiger partial charge in [-0.15, -0.1) is 0 Å². The number of aryl methyl sites for hydroxylation is 1. The zero-order chi connectivity index (χ0) is 19.7. The summed E-state index contributed by atoms with van der Waals surface area (Å²) in [6.45, 7) is 2.19. The Balaban J connectivity index is 1.77. The maximum Gasteiger partial charge on any atom is 0.335 e. The summed E-state index contributed by atoms with van der Waals surface area (Å²) in [6.07, 6.45) is 10.5. The monoisotopic (exact) mass is 379 g/mol. The van der Waals surface area contributed by atoms with Gasteiger partial charge in [0, 0.05) is 23.2 Å². The predicted octanol–water partition coefficient (Wildman–Crippen LogP) is 5.08. The number of fused-ring (bicyclic) bond motifs is 2. The Labute approximate surface area is 164 Å². The number of furan rings is 1. The molecule has 0 radical (unpaired) electrons. The van der Waals surface area contributed by atoms with E-state index in [1.54, 1.807) is 12.1 Å². The first-order valence-corrected chi connectivity index (χ1v) is 10.1. The van der Waals surface area contributed by atoms with Crippen molar-refractivity contribution in [3.05, 3.63) is 52.0 Å². The highest BCUT2D eigenvalue weighted by molar-refractivity contribution is 6.35. The number of rotatable bonds is 6. The van der Waals surface area contributed by atoms with Crippen molar-refractivity contribution in [1.82, 2.24) is 0 Å². The van der Waals surface area contributed by atoms with Gasteiger partial charge in [-0.3, -0.25) is 4.79 Å². The number of benzene rings is 1. The highest BCUT2D eigenvalue weighted by Gasteiger charge is 2.28. The Morgan fingerprint density at radius 3 is 2.86 bits per heavy atom. The molecule has 0 fully saturated rings. The van der Waals surface area contributed by atoms with Gasteiger partial charge >= 0.3 is 5.97 Å². The van der Waals surface area contributed by atoms with Crippen molar-refractivity contribution in [3.63, 3.8) is 0 Å². The SMILES string of the molecule is CCCCCc1c(C=C2C(=O)Nc3ccc(C(=O)O)cc32)oc2c1CCCC2. The van der Waals surface area contributed by atoms with Crippen LogP contribution < -0.4 is 5.32 Å². The molecule has 0 atom stereocenters. The molecule has 0 bridgehead atoms. The van der Waals surface area contributed by atoms with Gasteiger partial charge in [-0.2, -0.15) is 0 Å². The molecule has 2 aliphatic rings. The molecule has 5 heteroatoms. The summed E-state index contributed by atoms with van der Waals surface area (Å²) in [5, 5.41) is 12.1. The van der Waals surface area contributed by atoms with E-state index in [9.17, 15) is 14.7 Å². The molecule has 0 saturated heterocycles. The number of hydrogen-bond donors (Lipinski definition) is 2. The van der Waals surface area contributed by atoms with Crippen molar-refractivity contribution in [1.29, 1.82) is 0 Å². The van der Waals surface area contributed by atoms with Crippen LogP contribution in [0.5, 0.6) is 0 Å². The summed E-state index contributed by atoms with van der Waals surface area (Å²) in [5.41, 5.74) is 4.46. The fourth-order valence-electron chi connectivity index (χ4n) is 4.19. The van der Waals surface area contributed by atoms with Gasteiger partial charge in [0.25, 0.3) is 5.91 Å². The number of hydrogen-bond acceptors (Lipinski definition) is 3. The number of amides is 1. The van der Waals surface area contributed by atoms with E-state index in [0.29, 0.717) is 16.8 Å². The molecule has 28 heavy (non-hydrogen) atoms. The van der Waals surface area contributed by atoms with Crippen molar-refractivity contribution in [2.75, 3.05) is 5.32 Å². The van der Waals surface area contributed by atoms with Crippen LogP contribution in [0.3, 0.4) is 0 Å². The third-order valence-corrected chi connectivity index (χ3v) is 5.67. The Morgan fingerprint density at radius 2 is 2.07 bits per heavy atom. The summed E-state index contributed by atoms with van der Waals surface area (Å²) < 4.78 is 6.20. The van der Waals surface area contributed by atoms with Gasteiger partial charge in [0.15, 0.2) is 0 Å². The van der Waals surface area contributed by atoms with Gasteiger partial charge < -0.3 is 14.8 Å². The molecule has 1 aromatic carbocycles. The van der Waals surface area contributed by atoms with Gasteiger partial charge in [0.2, 0.25) is 0 Å². The number of nitrogens with one attached hydrogen (secondary N) is 1. The molecule has 1 amide bonds. The van der Waals surface area contributed by atoms with E-state index < -0.39 is 5.97 Å². The minimum Gasteiger partial charge on any atom is -0.478 e.